The highest BCUT2D eigenvalue weighted by molar-refractivity contribution is 8.00. The van der Waals surface area contributed by atoms with E-state index >= 15 is 0 Å². The Labute approximate surface area is 150 Å². The summed E-state index contributed by atoms with van der Waals surface area (Å²) in [4.78, 5) is 15.0. The lowest BCUT2D eigenvalue weighted by atomic mass is 10.1. The van der Waals surface area contributed by atoms with Gasteiger partial charge in [-0.25, -0.2) is 0 Å². The number of nitrogens with zero attached hydrogens (tertiary/aromatic N) is 1. The van der Waals surface area contributed by atoms with E-state index in [1.807, 2.05) is 30.3 Å². The lowest BCUT2D eigenvalue weighted by molar-refractivity contribution is -0.116. The molecule has 0 aliphatic carbocycles. The normalized spacial score (nSPS) is 16.1. The number of fused-ring (bicyclic) bond motifs is 1. The number of ether oxygens (including phenoxy) is 1. The first-order chi connectivity index (χ1) is 11.6. The maximum atomic E-state index is 12.2. The van der Waals surface area contributed by atoms with Gasteiger partial charge in [-0.3, -0.25) is 9.69 Å². The van der Waals surface area contributed by atoms with Crippen molar-refractivity contribution in [1.82, 2.24) is 0 Å². The van der Waals surface area contributed by atoms with Crippen molar-refractivity contribution in [3.63, 3.8) is 0 Å². The van der Waals surface area contributed by atoms with Crippen LogP contribution in [0.25, 0.3) is 0 Å². The number of thioether (sulfide) groups is 1. The van der Waals surface area contributed by atoms with Crippen LogP contribution in [0, 0.1) is 0 Å². The molecule has 0 spiro atoms. The molecule has 0 bridgehead atoms. The lowest BCUT2D eigenvalue weighted by Crippen LogP contribution is -2.28. The second-order valence-electron chi connectivity index (χ2n) is 5.45. The summed E-state index contributed by atoms with van der Waals surface area (Å²) in [5, 5.41) is 9.81. The predicted molar refractivity (Wildman–Crippen MR) is 97.1 cm³/mol. The first kappa shape index (κ1) is 17.0. The molecule has 4 nitrogen and oxygen atoms in total. The highest BCUT2D eigenvalue weighted by Gasteiger charge is 2.34. The van der Waals surface area contributed by atoms with Crippen molar-refractivity contribution < 1.29 is 14.6 Å². The molecule has 2 aromatic carbocycles. The van der Waals surface area contributed by atoms with Crippen LogP contribution >= 0.6 is 23.4 Å². The van der Waals surface area contributed by atoms with Crippen molar-refractivity contribution in [2.24, 2.45) is 0 Å². The molecule has 0 saturated heterocycles. The molecule has 0 radical (unpaired) electrons. The SMILES string of the molecule is CC(=O)N1c2ccccc2SC1c1ccc(O)c(OCCCCl)c1. The summed E-state index contributed by atoms with van der Waals surface area (Å²) >= 11 is 7.27. The highest BCUT2D eigenvalue weighted by atomic mass is 35.5. The molecular formula is C18H18ClNO3S. The quantitative estimate of drug-likeness (QED) is 0.625. The van der Waals surface area contributed by atoms with Gasteiger partial charge in [-0.05, 0) is 36.2 Å². The number of phenols is 1. The number of carbonyl (C=O) groups is 1. The van der Waals surface area contributed by atoms with Crippen LogP contribution in [-0.2, 0) is 4.79 Å². The molecule has 24 heavy (non-hydrogen) atoms. The minimum absolute atomic E-state index is 0.0184. The van der Waals surface area contributed by atoms with Crippen LogP contribution in [0.2, 0.25) is 0 Å². The summed E-state index contributed by atoms with van der Waals surface area (Å²) in [6.07, 6.45) is 0.703. The van der Waals surface area contributed by atoms with Gasteiger partial charge in [-0.1, -0.05) is 30.0 Å². The van der Waals surface area contributed by atoms with E-state index in [9.17, 15) is 9.90 Å². The largest absolute Gasteiger partial charge is 0.504 e. The van der Waals surface area contributed by atoms with E-state index in [0.717, 1.165) is 16.1 Å². The second-order valence-corrected chi connectivity index (χ2v) is 6.95. The standard InChI is InChI=1S/C18H18ClNO3S/c1-12(21)20-14-5-2-3-6-17(14)24-18(20)13-7-8-15(22)16(11-13)23-10-4-9-19/h2-3,5-8,11,18,22H,4,9-10H2,1H3. The molecule has 1 atom stereocenters. The molecule has 1 unspecified atom stereocenters. The Morgan fingerprint density at radius 1 is 1.33 bits per heavy atom. The predicted octanol–water partition coefficient (Wildman–Crippen LogP) is 4.56. The van der Waals surface area contributed by atoms with Crippen molar-refractivity contribution in [2.75, 3.05) is 17.4 Å². The van der Waals surface area contributed by atoms with Gasteiger partial charge in [-0.15, -0.1) is 11.6 Å². The number of amides is 1. The number of aromatic hydroxyl groups is 1. The van der Waals surface area contributed by atoms with E-state index in [1.165, 1.54) is 0 Å². The maximum Gasteiger partial charge on any atom is 0.225 e. The van der Waals surface area contributed by atoms with Crippen LogP contribution in [0.1, 0.15) is 24.3 Å². The number of halogens is 1. The average Bonchev–Trinajstić information content (AvgIpc) is 2.96. The van der Waals surface area contributed by atoms with Crippen LogP contribution in [0.15, 0.2) is 47.4 Å². The number of benzene rings is 2. The molecule has 126 valence electrons. The molecule has 0 saturated carbocycles. The van der Waals surface area contributed by atoms with E-state index in [2.05, 4.69) is 0 Å². The van der Waals surface area contributed by atoms with Crippen LogP contribution in [0.5, 0.6) is 11.5 Å². The Kier molecular flexibility index (Phi) is 5.21. The zero-order valence-electron chi connectivity index (χ0n) is 13.2. The van der Waals surface area contributed by atoms with E-state index in [4.69, 9.17) is 16.3 Å². The molecular weight excluding hydrogens is 346 g/mol. The number of anilines is 1. The van der Waals surface area contributed by atoms with Crippen LogP contribution in [0.3, 0.4) is 0 Å². The minimum atomic E-state index is -0.170. The lowest BCUT2D eigenvalue weighted by Gasteiger charge is -2.24. The van der Waals surface area contributed by atoms with E-state index < -0.39 is 0 Å². The van der Waals surface area contributed by atoms with Crippen molar-refractivity contribution >= 4 is 35.0 Å². The number of para-hydroxylation sites is 1. The number of phenolic OH excluding ortho intramolecular Hbond substituents is 1. The summed E-state index contributed by atoms with van der Waals surface area (Å²) in [6, 6.07) is 13.1. The third-order valence-corrected chi connectivity index (χ3v) is 5.31. The zero-order chi connectivity index (χ0) is 17.1. The Morgan fingerprint density at radius 2 is 2.12 bits per heavy atom. The molecule has 3 rings (SSSR count). The van der Waals surface area contributed by atoms with Crippen LogP contribution in [-0.4, -0.2) is 23.5 Å². The van der Waals surface area contributed by atoms with Crippen molar-refractivity contribution in [3.8, 4) is 11.5 Å². The fraction of sp³-hybridized carbons (Fsp3) is 0.278. The Balaban J connectivity index is 1.91. The van der Waals surface area contributed by atoms with Crippen molar-refractivity contribution in [3.05, 3.63) is 48.0 Å². The van der Waals surface area contributed by atoms with Gasteiger partial charge in [0.25, 0.3) is 0 Å². The van der Waals surface area contributed by atoms with Gasteiger partial charge >= 0.3 is 0 Å². The third-order valence-electron chi connectivity index (χ3n) is 3.74. The van der Waals surface area contributed by atoms with Gasteiger partial charge in [0.2, 0.25) is 5.91 Å². The number of alkyl halides is 1. The number of hydrogen-bond donors (Lipinski definition) is 1. The molecule has 1 N–H and O–H groups in total. The second kappa shape index (κ2) is 7.36. The molecule has 1 amide bonds. The molecule has 1 heterocycles. The summed E-state index contributed by atoms with van der Waals surface area (Å²) in [5.74, 6) is 0.989. The first-order valence-electron chi connectivity index (χ1n) is 7.69. The minimum Gasteiger partial charge on any atom is -0.504 e. The van der Waals surface area contributed by atoms with Gasteiger partial charge in [-0.2, -0.15) is 0 Å². The first-order valence-corrected chi connectivity index (χ1v) is 9.10. The Hall–Kier alpha value is -1.85. The molecule has 1 aliphatic rings. The number of hydrogen-bond acceptors (Lipinski definition) is 4. The topological polar surface area (TPSA) is 49.8 Å². The summed E-state index contributed by atoms with van der Waals surface area (Å²) in [7, 11) is 0. The fourth-order valence-electron chi connectivity index (χ4n) is 2.64. The van der Waals surface area contributed by atoms with Crippen LogP contribution < -0.4 is 9.64 Å². The van der Waals surface area contributed by atoms with Gasteiger partial charge in [0.05, 0.1) is 12.3 Å². The zero-order valence-corrected chi connectivity index (χ0v) is 14.8. The molecule has 6 heteroatoms. The smallest absolute Gasteiger partial charge is 0.225 e. The maximum absolute atomic E-state index is 12.2. The fourth-order valence-corrected chi connectivity index (χ4v) is 4.09. The molecule has 0 aromatic heterocycles. The molecule has 2 aromatic rings. The van der Waals surface area contributed by atoms with E-state index in [-0.39, 0.29) is 17.0 Å². The van der Waals surface area contributed by atoms with E-state index in [0.29, 0.717) is 24.7 Å². The Bertz CT molecular complexity index is 753. The van der Waals surface area contributed by atoms with Crippen molar-refractivity contribution in [2.45, 2.75) is 23.6 Å². The molecule has 1 aliphatic heterocycles. The number of rotatable bonds is 5. The van der Waals surface area contributed by atoms with Gasteiger partial charge in [0.1, 0.15) is 5.37 Å². The summed E-state index contributed by atoms with van der Waals surface area (Å²) in [6.45, 7) is 2.00. The monoisotopic (exact) mass is 363 g/mol. The number of carbonyl (C=O) groups excluding carboxylic acids is 1. The highest BCUT2D eigenvalue weighted by Crippen LogP contribution is 2.51. The average molecular weight is 364 g/mol. The van der Waals surface area contributed by atoms with Crippen LogP contribution in [0.4, 0.5) is 5.69 Å². The van der Waals surface area contributed by atoms with E-state index in [1.54, 1.807) is 35.7 Å². The van der Waals surface area contributed by atoms with Gasteiger partial charge in [0.15, 0.2) is 11.5 Å². The van der Waals surface area contributed by atoms with Gasteiger partial charge in [0, 0.05) is 17.7 Å². The summed E-state index contributed by atoms with van der Waals surface area (Å²) in [5.41, 5.74) is 1.82. The Morgan fingerprint density at radius 3 is 2.88 bits per heavy atom. The van der Waals surface area contributed by atoms with Gasteiger partial charge < -0.3 is 9.84 Å². The third kappa shape index (κ3) is 3.32. The van der Waals surface area contributed by atoms with Crippen molar-refractivity contribution in [1.29, 1.82) is 0 Å². The summed E-state index contributed by atoms with van der Waals surface area (Å²) < 4.78 is 5.60. The molecule has 0 fully saturated rings.